The summed E-state index contributed by atoms with van der Waals surface area (Å²) in [5, 5.41) is 18.2. The zero-order valence-electron chi connectivity index (χ0n) is 16.1. The van der Waals surface area contributed by atoms with Crippen molar-refractivity contribution in [1.82, 2.24) is 9.78 Å². The smallest absolute Gasteiger partial charge is 0.227 e. The Morgan fingerprint density at radius 2 is 2.07 bits per heavy atom. The molecule has 3 aromatic rings. The normalized spacial score (nSPS) is 19.1. The van der Waals surface area contributed by atoms with Crippen molar-refractivity contribution in [3.8, 4) is 17.3 Å². The number of rotatable bonds is 4. The van der Waals surface area contributed by atoms with E-state index in [9.17, 15) is 10.1 Å². The van der Waals surface area contributed by atoms with Crippen molar-refractivity contribution in [3.63, 3.8) is 0 Å². The van der Waals surface area contributed by atoms with Crippen molar-refractivity contribution in [2.75, 3.05) is 11.9 Å². The van der Waals surface area contributed by atoms with E-state index in [0.29, 0.717) is 5.56 Å². The maximum absolute atomic E-state index is 12.1. The van der Waals surface area contributed by atoms with Crippen LogP contribution in [-0.2, 0) is 9.53 Å². The molecule has 146 valence electrons. The second-order valence-electron chi connectivity index (χ2n) is 7.80. The standard InChI is InChI=1S/C23H22N4O2/c24-14-15-7-10-20-19(12-15)22(26-27(20)21-6-1-2-11-29-21)17-4-3-5-18(13-17)25-23(28)16-8-9-16/h3-5,7,10,12-13,16,21H,1-2,6,8-9,11H2,(H,25,28). The Balaban J connectivity index is 1.58. The third-order valence-corrected chi connectivity index (χ3v) is 5.62. The lowest BCUT2D eigenvalue weighted by Crippen LogP contribution is -2.19. The minimum Gasteiger partial charge on any atom is -0.356 e. The number of hydrogen-bond acceptors (Lipinski definition) is 4. The van der Waals surface area contributed by atoms with Gasteiger partial charge in [0.05, 0.1) is 17.1 Å². The number of fused-ring (bicyclic) bond motifs is 1. The van der Waals surface area contributed by atoms with E-state index in [1.165, 1.54) is 0 Å². The first-order chi connectivity index (χ1) is 14.2. The number of amides is 1. The van der Waals surface area contributed by atoms with Crippen molar-refractivity contribution < 1.29 is 9.53 Å². The summed E-state index contributed by atoms with van der Waals surface area (Å²) in [5.74, 6) is 0.236. The van der Waals surface area contributed by atoms with Crippen molar-refractivity contribution in [1.29, 1.82) is 5.26 Å². The van der Waals surface area contributed by atoms with E-state index < -0.39 is 0 Å². The zero-order chi connectivity index (χ0) is 19.8. The molecule has 1 aliphatic carbocycles. The number of nitriles is 1. The molecule has 0 spiro atoms. The molecule has 1 atom stereocenters. The maximum Gasteiger partial charge on any atom is 0.227 e. The molecule has 5 rings (SSSR count). The van der Waals surface area contributed by atoms with Crippen LogP contribution in [0.2, 0.25) is 0 Å². The Kier molecular flexibility index (Phi) is 4.53. The second kappa shape index (κ2) is 7.34. The molecule has 2 fully saturated rings. The van der Waals surface area contributed by atoms with Gasteiger partial charge in [-0.15, -0.1) is 0 Å². The lowest BCUT2D eigenvalue weighted by atomic mass is 10.1. The van der Waals surface area contributed by atoms with Crippen LogP contribution in [0, 0.1) is 17.2 Å². The minimum absolute atomic E-state index is 0.0832. The molecule has 29 heavy (non-hydrogen) atoms. The highest BCUT2D eigenvalue weighted by Gasteiger charge is 2.29. The molecule has 6 nitrogen and oxygen atoms in total. The fourth-order valence-electron chi connectivity index (χ4n) is 3.89. The fraction of sp³-hybridized carbons (Fsp3) is 0.348. The molecule has 2 heterocycles. The van der Waals surface area contributed by atoms with E-state index in [0.717, 1.165) is 66.6 Å². The van der Waals surface area contributed by atoms with Gasteiger partial charge in [-0.3, -0.25) is 4.79 Å². The van der Waals surface area contributed by atoms with Crippen LogP contribution in [0.15, 0.2) is 42.5 Å². The van der Waals surface area contributed by atoms with Gasteiger partial charge in [0.1, 0.15) is 5.69 Å². The molecule has 1 aliphatic heterocycles. The molecule has 0 bridgehead atoms. The summed E-state index contributed by atoms with van der Waals surface area (Å²) in [6.45, 7) is 0.736. The van der Waals surface area contributed by atoms with E-state index in [4.69, 9.17) is 9.84 Å². The van der Waals surface area contributed by atoms with Crippen LogP contribution in [0.1, 0.15) is 43.9 Å². The average molecular weight is 386 g/mol. The minimum atomic E-state index is -0.0920. The Bertz CT molecular complexity index is 1120. The highest BCUT2D eigenvalue weighted by atomic mass is 16.5. The molecule has 1 amide bonds. The van der Waals surface area contributed by atoms with E-state index >= 15 is 0 Å². The summed E-state index contributed by atoms with van der Waals surface area (Å²) in [5.41, 5.74) is 4.04. The number of carbonyl (C=O) groups is 1. The Labute approximate surface area is 169 Å². The Hall–Kier alpha value is -3.17. The number of carbonyl (C=O) groups excluding carboxylic acids is 1. The van der Waals surface area contributed by atoms with E-state index in [1.54, 1.807) is 0 Å². The number of nitrogens with one attached hydrogen (secondary N) is 1. The van der Waals surface area contributed by atoms with Gasteiger partial charge in [-0.2, -0.15) is 10.4 Å². The number of hydrogen-bond donors (Lipinski definition) is 1. The highest BCUT2D eigenvalue weighted by Crippen LogP contribution is 2.35. The molecular formula is C23H22N4O2. The van der Waals surface area contributed by atoms with Crippen LogP contribution in [0.4, 0.5) is 5.69 Å². The average Bonchev–Trinajstić information content (AvgIpc) is 3.55. The molecule has 0 radical (unpaired) electrons. The van der Waals surface area contributed by atoms with Crippen LogP contribution < -0.4 is 5.32 Å². The third-order valence-electron chi connectivity index (χ3n) is 5.62. The monoisotopic (exact) mass is 386 g/mol. The molecule has 1 saturated carbocycles. The molecule has 1 N–H and O–H groups in total. The summed E-state index contributed by atoms with van der Waals surface area (Å²) in [6, 6.07) is 15.6. The first kappa shape index (κ1) is 17.9. The summed E-state index contributed by atoms with van der Waals surface area (Å²) >= 11 is 0. The maximum atomic E-state index is 12.1. The molecule has 6 heteroatoms. The third kappa shape index (κ3) is 3.50. The van der Waals surface area contributed by atoms with E-state index in [-0.39, 0.29) is 18.1 Å². The van der Waals surface area contributed by atoms with Gasteiger partial charge in [0.2, 0.25) is 5.91 Å². The van der Waals surface area contributed by atoms with Crippen molar-refractivity contribution >= 4 is 22.5 Å². The number of nitrogens with zero attached hydrogens (tertiary/aromatic N) is 3. The zero-order valence-corrected chi connectivity index (χ0v) is 16.1. The number of ether oxygens (including phenoxy) is 1. The van der Waals surface area contributed by atoms with Gasteiger partial charge < -0.3 is 10.1 Å². The van der Waals surface area contributed by atoms with Gasteiger partial charge in [-0.25, -0.2) is 4.68 Å². The van der Waals surface area contributed by atoms with Gasteiger partial charge >= 0.3 is 0 Å². The first-order valence-electron chi connectivity index (χ1n) is 10.2. The van der Waals surface area contributed by atoms with Crippen molar-refractivity contribution in [2.24, 2.45) is 5.92 Å². The van der Waals surface area contributed by atoms with Crippen molar-refractivity contribution in [2.45, 2.75) is 38.3 Å². The van der Waals surface area contributed by atoms with Crippen LogP contribution in [-0.4, -0.2) is 22.3 Å². The highest BCUT2D eigenvalue weighted by molar-refractivity contribution is 5.97. The summed E-state index contributed by atoms with van der Waals surface area (Å²) in [4.78, 5) is 12.1. The number of benzene rings is 2. The lowest BCUT2D eigenvalue weighted by Gasteiger charge is -2.23. The SMILES string of the molecule is N#Cc1ccc2c(c1)c(-c1cccc(NC(=O)C3CC3)c1)nn2C1CCCCO1. The predicted molar refractivity (Wildman–Crippen MR) is 110 cm³/mol. The largest absolute Gasteiger partial charge is 0.356 e. The Morgan fingerprint density at radius 1 is 1.17 bits per heavy atom. The van der Waals surface area contributed by atoms with Gasteiger partial charge in [-0.1, -0.05) is 12.1 Å². The van der Waals surface area contributed by atoms with Crippen LogP contribution in [0.5, 0.6) is 0 Å². The molecule has 2 aromatic carbocycles. The van der Waals surface area contributed by atoms with Gasteiger partial charge in [0.15, 0.2) is 6.23 Å². The number of anilines is 1. The predicted octanol–water partition coefficient (Wildman–Crippen LogP) is 4.62. The van der Waals surface area contributed by atoms with Gasteiger partial charge in [0.25, 0.3) is 0 Å². The molecule has 1 saturated heterocycles. The topological polar surface area (TPSA) is 79.9 Å². The van der Waals surface area contributed by atoms with Gasteiger partial charge in [-0.05, 0) is 62.4 Å². The van der Waals surface area contributed by atoms with Crippen molar-refractivity contribution in [3.05, 3.63) is 48.0 Å². The van der Waals surface area contributed by atoms with Crippen LogP contribution in [0.3, 0.4) is 0 Å². The first-order valence-corrected chi connectivity index (χ1v) is 10.2. The van der Waals surface area contributed by atoms with E-state index in [1.807, 2.05) is 47.1 Å². The van der Waals surface area contributed by atoms with Crippen LogP contribution in [0.25, 0.3) is 22.2 Å². The molecule has 1 unspecified atom stereocenters. The summed E-state index contributed by atoms with van der Waals surface area (Å²) < 4.78 is 7.91. The molecule has 2 aliphatic rings. The Morgan fingerprint density at radius 3 is 2.83 bits per heavy atom. The molecular weight excluding hydrogens is 364 g/mol. The quantitative estimate of drug-likeness (QED) is 0.709. The summed E-state index contributed by atoms with van der Waals surface area (Å²) in [7, 11) is 0. The fourth-order valence-corrected chi connectivity index (χ4v) is 3.89. The van der Waals surface area contributed by atoms with Crippen LogP contribution >= 0.6 is 0 Å². The van der Waals surface area contributed by atoms with E-state index in [2.05, 4.69) is 11.4 Å². The number of aromatic nitrogens is 2. The lowest BCUT2D eigenvalue weighted by molar-refractivity contribution is -0.117. The van der Waals surface area contributed by atoms with Gasteiger partial charge in [0, 0.05) is 29.2 Å². The second-order valence-corrected chi connectivity index (χ2v) is 7.80. The molecule has 1 aromatic heterocycles. The summed E-state index contributed by atoms with van der Waals surface area (Å²) in [6.07, 6.45) is 4.96.